The average molecular weight is 289 g/mol. The van der Waals surface area contributed by atoms with Crippen molar-refractivity contribution in [3.05, 3.63) is 69.2 Å². The lowest BCUT2D eigenvalue weighted by molar-refractivity contribution is 0.112. The number of aldehydes is 1. The van der Waals surface area contributed by atoms with Gasteiger partial charge >= 0.3 is 0 Å². The summed E-state index contributed by atoms with van der Waals surface area (Å²) in [5.41, 5.74) is 4.28. The van der Waals surface area contributed by atoms with Crippen LogP contribution in [0.2, 0.25) is 0 Å². The molecular formula is C15H13BrO. The number of benzene rings is 2. The summed E-state index contributed by atoms with van der Waals surface area (Å²) in [5, 5.41) is 0. The standard InChI is InChI=1S/C15H13BrO/c1-11-3-2-4-12(7-11)8-14-9-15(16)6-5-13(14)10-17/h2-7,9-10H,8H2,1H3. The maximum atomic E-state index is 11.0. The van der Waals surface area contributed by atoms with Crippen LogP contribution in [0.1, 0.15) is 27.0 Å². The molecule has 0 amide bonds. The van der Waals surface area contributed by atoms with Crippen molar-refractivity contribution in [1.82, 2.24) is 0 Å². The molecule has 2 heteroatoms. The summed E-state index contributed by atoms with van der Waals surface area (Å²) in [6.07, 6.45) is 1.70. The molecule has 0 bridgehead atoms. The number of hydrogen-bond donors (Lipinski definition) is 0. The Kier molecular flexibility index (Phi) is 3.75. The molecule has 0 spiro atoms. The summed E-state index contributed by atoms with van der Waals surface area (Å²) in [4.78, 5) is 11.0. The fourth-order valence-electron chi connectivity index (χ4n) is 1.88. The zero-order chi connectivity index (χ0) is 12.3. The van der Waals surface area contributed by atoms with Crippen molar-refractivity contribution < 1.29 is 4.79 Å². The molecule has 0 aliphatic rings. The van der Waals surface area contributed by atoms with E-state index in [4.69, 9.17) is 0 Å². The van der Waals surface area contributed by atoms with Gasteiger partial charge in [0.25, 0.3) is 0 Å². The zero-order valence-corrected chi connectivity index (χ0v) is 11.2. The molecule has 0 saturated heterocycles. The smallest absolute Gasteiger partial charge is 0.150 e. The van der Waals surface area contributed by atoms with Crippen LogP contribution in [0.3, 0.4) is 0 Å². The molecule has 2 rings (SSSR count). The molecule has 0 aliphatic carbocycles. The van der Waals surface area contributed by atoms with Gasteiger partial charge in [-0.25, -0.2) is 0 Å². The molecule has 1 nitrogen and oxygen atoms in total. The highest BCUT2D eigenvalue weighted by Gasteiger charge is 2.04. The first-order valence-electron chi connectivity index (χ1n) is 5.48. The second kappa shape index (κ2) is 5.28. The second-order valence-electron chi connectivity index (χ2n) is 4.13. The summed E-state index contributed by atoms with van der Waals surface area (Å²) in [6.45, 7) is 2.07. The predicted octanol–water partition coefficient (Wildman–Crippen LogP) is 4.16. The number of aryl methyl sites for hydroxylation is 1. The first-order chi connectivity index (χ1) is 8.19. The Morgan fingerprint density at radius 2 is 2.00 bits per heavy atom. The van der Waals surface area contributed by atoms with Crippen LogP contribution in [-0.2, 0) is 6.42 Å². The summed E-state index contributed by atoms with van der Waals surface area (Å²) in [7, 11) is 0. The summed E-state index contributed by atoms with van der Waals surface area (Å²) in [6, 6.07) is 14.1. The topological polar surface area (TPSA) is 17.1 Å². The van der Waals surface area contributed by atoms with Gasteiger partial charge in [-0.3, -0.25) is 4.79 Å². The third kappa shape index (κ3) is 3.04. The van der Waals surface area contributed by atoms with Crippen LogP contribution in [-0.4, -0.2) is 6.29 Å². The molecule has 0 unspecified atom stereocenters. The minimum absolute atomic E-state index is 0.759. The van der Waals surface area contributed by atoms with Crippen LogP contribution in [0.5, 0.6) is 0 Å². The first kappa shape index (κ1) is 12.1. The lowest BCUT2D eigenvalue weighted by Crippen LogP contribution is -1.95. The van der Waals surface area contributed by atoms with Gasteiger partial charge in [0.05, 0.1) is 0 Å². The summed E-state index contributed by atoms with van der Waals surface area (Å²) < 4.78 is 1.01. The summed E-state index contributed by atoms with van der Waals surface area (Å²) >= 11 is 3.44. The van der Waals surface area contributed by atoms with Gasteiger partial charge < -0.3 is 0 Å². The van der Waals surface area contributed by atoms with Gasteiger partial charge in [0.15, 0.2) is 0 Å². The van der Waals surface area contributed by atoms with Crippen molar-refractivity contribution in [1.29, 1.82) is 0 Å². The molecule has 0 aromatic heterocycles. The lowest BCUT2D eigenvalue weighted by atomic mass is 9.99. The normalized spacial score (nSPS) is 10.2. The maximum Gasteiger partial charge on any atom is 0.150 e. The first-order valence-corrected chi connectivity index (χ1v) is 6.27. The quantitative estimate of drug-likeness (QED) is 0.775. The Bertz CT molecular complexity index is 546. The highest BCUT2D eigenvalue weighted by atomic mass is 79.9. The van der Waals surface area contributed by atoms with Gasteiger partial charge in [0.2, 0.25) is 0 Å². The molecule has 0 heterocycles. The SMILES string of the molecule is Cc1cccc(Cc2cc(Br)ccc2C=O)c1. The Hall–Kier alpha value is -1.41. The Labute approximate surface area is 110 Å². The molecule has 2 aromatic rings. The van der Waals surface area contributed by atoms with E-state index in [2.05, 4.69) is 41.1 Å². The molecule has 0 N–H and O–H groups in total. The molecular weight excluding hydrogens is 276 g/mol. The van der Waals surface area contributed by atoms with E-state index in [1.165, 1.54) is 11.1 Å². The predicted molar refractivity (Wildman–Crippen MR) is 73.5 cm³/mol. The fourth-order valence-corrected chi connectivity index (χ4v) is 2.29. The van der Waals surface area contributed by atoms with E-state index < -0.39 is 0 Å². The van der Waals surface area contributed by atoms with Crippen molar-refractivity contribution in [3.63, 3.8) is 0 Å². The summed E-state index contributed by atoms with van der Waals surface area (Å²) in [5.74, 6) is 0. The highest BCUT2D eigenvalue weighted by Crippen LogP contribution is 2.19. The fraction of sp³-hybridized carbons (Fsp3) is 0.133. The van der Waals surface area contributed by atoms with Crippen molar-refractivity contribution in [3.8, 4) is 0 Å². The number of carbonyl (C=O) groups is 1. The number of rotatable bonds is 3. The van der Waals surface area contributed by atoms with Gasteiger partial charge in [0.1, 0.15) is 6.29 Å². The van der Waals surface area contributed by atoms with E-state index in [-0.39, 0.29) is 0 Å². The molecule has 0 radical (unpaired) electrons. The van der Waals surface area contributed by atoms with E-state index in [1.54, 1.807) is 0 Å². The van der Waals surface area contributed by atoms with Crippen molar-refractivity contribution in [2.24, 2.45) is 0 Å². The molecule has 0 fully saturated rings. The molecule has 0 atom stereocenters. The van der Waals surface area contributed by atoms with E-state index in [0.29, 0.717) is 0 Å². The van der Waals surface area contributed by atoms with Crippen LogP contribution < -0.4 is 0 Å². The number of carbonyl (C=O) groups excluding carboxylic acids is 1. The van der Waals surface area contributed by atoms with Gasteiger partial charge in [-0.2, -0.15) is 0 Å². The third-order valence-corrected chi connectivity index (χ3v) is 3.20. The largest absolute Gasteiger partial charge is 0.298 e. The second-order valence-corrected chi connectivity index (χ2v) is 5.04. The Morgan fingerprint density at radius 3 is 2.71 bits per heavy atom. The van der Waals surface area contributed by atoms with Gasteiger partial charge in [-0.15, -0.1) is 0 Å². The zero-order valence-electron chi connectivity index (χ0n) is 9.61. The van der Waals surface area contributed by atoms with Crippen LogP contribution in [0.15, 0.2) is 46.9 Å². The average Bonchev–Trinajstić information content (AvgIpc) is 2.29. The van der Waals surface area contributed by atoms with Crippen LogP contribution in [0, 0.1) is 6.92 Å². The molecule has 0 aliphatic heterocycles. The van der Waals surface area contributed by atoms with Crippen LogP contribution in [0.4, 0.5) is 0 Å². The highest BCUT2D eigenvalue weighted by molar-refractivity contribution is 9.10. The molecule has 17 heavy (non-hydrogen) atoms. The minimum atomic E-state index is 0.759. The molecule has 0 saturated carbocycles. The monoisotopic (exact) mass is 288 g/mol. The van der Waals surface area contributed by atoms with E-state index in [1.807, 2.05) is 24.3 Å². The van der Waals surface area contributed by atoms with E-state index in [9.17, 15) is 4.79 Å². The Balaban J connectivity index is 2.35. The maximum absolute atomic E-state index is 11.0. The van der Waals surface area contributed by atoms with Gasteiger partial charge in [-0.1, -0.05) is 51.8 Å². The van der Waals surface area contributed by atoms with Gasteiger partial charge in [-0.05, 0) is 36.6 Å². The van der Waals surface area contributed by atoms with Crippen LogP contribution in [0.25, 0.3) is 0 Å². The van der Waals surface area contributed by atoms with Gasteiger partial charge in [0, 0.05) is 10.0 Å². The van der Waals surface area contributed by atoms with Crippen molar-refractivity contribution in [2.45, 2.75) is 13.3 Å². The van der Waals surface area contributed by atoms with E-state index in [0.717, 1.165) is 28.3 Å². The number of halogens is 1. The third-order valence-electron chi connectivity index (χ3n) is 2.71. The minimum Gasteiger partial charge on any atom is -0.298 e. The van der Waals surface area contributed by atoms with Crippen molar-refractivity contribution in [2.75, 3.05) is 0 Å². The number of hydrogen-bond acceptors (Lipinski definition) is 1. The molecule has 86 valence electrons. The Morgan fingerprint density at radius 1 is 1.18 bits per heavy atom. The lowest BCUT2D eigenvalue weighted by Gasteiger charge is -2.06. The van der Waals surface area contributed by atoms with Crippen molar-refractivity contribution >= 4 is 22.2 Å². The van der Waals surface area contributed by atoms with E-state index >= 15 is 0 Å². The molecule has 2 aromatic carbocycles. The van der Waals surface area contributed by atoms with Crippen LogP contribution >= 0.6 is 15.9 Å².